The molecule has 0 spiro atoms. The monoisotopic (exact) mass is 182 g/mol. The Balaban J connectivity index is 0.000000251. The van der Waals surface area contributed by atoms with Crippen molar-refractivity contribution in [3.8, 4) is 0 Å². The highest BCUT2D eigenvalue weighted by atomic mass is 14.4. The SMILES string of the molecule is CC1CC2CCC(C)C2C1.CCC. The molecule has 0 heteroatoms. The zero-order chi connectivity index (χ0) is 9.84. The summed E-state index contributed by atoms with van der Waals surface area (Å²) in [6.07, 6.45) is 7.37. The van der Waals surface area contributed by atoms with E-state index in [0.717, 1.165) is 23.7 Å². The van der Waals surface area contributed by atoms with Gasteiger partial charge in [0.2, 0.25) is 0 Å². The maximum absolute atomic E-state index is 2.45. The van der Waals surface area contributed by atoms with Gasteiger partial charge in [0.05, 0.1) is 0 Å². The van der Waals surface area contributed by atoms with Crippen LogP contribution < -0.4 is 0 Å². The van der Waals surface area contributed by atoms with Crippen LogP contribution in [0.4, 0.5) is 0 Å². The summed E-state index contributed by atoms with van der Waals surface area (Å²) in [4.78, 5) is 0. The third-order valence-electron chi connectivity index (χ3n) is 3.71. The molecule has 2 aliphatic carbocycles. The lowest BCUT2D eigenvalue weighted by atomic mass is 9.93. The quantitative estimate of drug-likeness (QED) is 0.517. The van der Waals surface area contributed by atoms with Gasteiger partial charge in [-0.1, -0.05) is 40.5 Å². The van der Waals surface area contributed by atoms with Crippen molar-refractivity contribution in [1.29, 1.82) is 0 Å². The average molecular weight is 182 g/mol. The Morgan fingerprint density at radius 1 is 1.00 bits per heavy atom. The van der Waals surface area contributed by atoms with Crippen LogP contribution in [-0.4, -0.2) is 0 Å². The number of hydrogen-bond acceptors (Lipinski definition) is 0. The Morgan fingerprint density at radius 2 is 1.62 bits per heavy atom. The number of hydrogen-bond donors (Lipinski definition) is 0. The molecule has 4 atom stereocenters. The van der Waals surface area contributed by atoms with Gasteiger partial charge in [0.1, 0.15) is 0 Å². The molecule has 0 aromatic heterocycles. The lowest BCUT2D eigenvalue weighted by Gasteiger charge is -2.12. The van der Waals surface area contributed by atoms with Crippen LogP contribution in [0.3, 0.4) is 0 Å². The molecule has 0 N–H and O–H groups in total. The molecule has 4 unspecified atom stereocenters. The molecule has 0 amide bonds. The first-order valence-electron chi connectivity index (χ1n) is 6.19. The molecule has 0 aromatic rings. The summed E-state index contributed by atoms with van der Waals surface area (Å²) in [5.41, 5.74) is 0. The van der Waals surface area contributed by atoms with Gasteiger partial charge in [-0.2, -0.15) is 0 Å². The summed E-state index contributed by atoms with van der Waals surface area (Å²) in [6.45, 7) is 9.12. The van der Waals surface area contributed by atoms with Gasteiger partial charge in [0, 0.05) is 0 Å². The van der Waals surface area contributed by atoms with Crippen LogP contribution in [0.1, 0.15) is 59.8 Å². The van der Waals surface area contributed by atoms with Gasteiger partial charge in [0.15, 0.2) is 0 Å². The third-order valence-corrected chi connectivity index (χ3v) is 3.71. The zero-order valence-electron chi connectivity index (χ0n) is 9.84. The van der Waals surface area contributed by atoms with E-state index < -0.39 is 0 Å². The molecule has 0 bridgehead atoms. The summed E-state index contributed by atoms with van der Waals surface area (Å²) in [5, 5.41) is 0. The Morgan fingerprint density at radius 3 is 2.15 bits per heavy atom. The Kier molecular flexibility index (Phi) is 4.28. The van der Waals surface area contributed by atoms with Crippen molar-refractivity contribution < 1.29 is 0 Å². The second kappa shape index (κ2) is 5.02. The van der Waals surface area contributed by atoms with Gasteiger partial charge in [-0.15, -0.1) is 0 Å². The lowest BCUT2D eigenvalue weighted by molar-refractivity contribution is 0.371. The van der Waals surface area contributed by atoms with E-state index in [1.54, 1.807) is 0 Å². The minimum Gasteiger partial charge on any atom is -0.0656 e. The minimum absolute atomic E-state index is 1.04. The second-order valence-corrected chi connectivity index (χ2v) is 5.26. The van der Waals surface area contributed by atoms with E-state index in [-0.39, 0.29) is 0 Å². The van der Waals surface area contributed by atoms with Crippen LogP contribution in [0.15, 0.2) is 0 Å². The van der Waals surface area contributed by atoms with Gasteiger partial charge in [0.25, 0.3) is 0 Å². The normalized spacial score (nSPS) is 42.5. The highest BCUT2D eigenvalue weighted by Gasteiger charge is 2.39. The van der Waals surface area contributed by atoms with Crippen molar-refractivity contribution in [3.05, 3.63) is 0 Å². The van der Waals surface area contributed by atoms with E-state index in [2.05, 4.69) is 27.7 Å². The fourth-order valence-electron chi connectivity index (χ4n) is 3.16. The molecule has 78 valence electrons. The maximum atomic E-state index is 2.45. The predicted octanol–water partition coefficient (Wildman–Crippen LogP) is 4.49. The van der Waals surface area contributed by atoms with Crippen molar-refractivity contribution in [1.82, 2.24) is 0 Å². The minimum atomic E-state index is 1.04. The number of rotatable bonds is 0. The van der Waals surface area contributed by atoms with Crippen LogP contribution in [0, 0.1) is 23.7 Å². The molecule has 0 aromatic carbocycles. The Bertz CT molecular complexity index is 139. The lowest BCUT2D eigenvalue weighted by Crippen LogP contribution is -2.04. The molecule has 0 aliphatic heterocycles. The first kappa shape index (κ1) is 11.1. The molecule has 0 nitrogen and oxygen atoms in total. The molecular formula is C13H26. The second-order valence-electron chi connectivity index (χ2n) is 5.26. The van der Waals surface area contributed by atoms with Crippen molar-refractivity contribution in [2.45, 2.75) is 59.8 Å². The standard InChI is InChI=1S/C10H18.C3H8/c1-7-5-9-4-3-8(2)10(9)6-7;1-3-2/h7-10H,3-6H2,1-2H3;3H2,1-2H3. The molecule has 2 fully saturated rings. The van der Waals surface area contributed by atoms with E-state index in [1.165, 1.54) is 32.1 Å². The average Bonchev–Trinajstić information content (AvgIpc) is 2.55. The molecule has 0 radical (unpaired) electrons. The topological polar surface area (TPSA) is 0 Å². The van der Waals surface area contributed by atoms with E-state index in [1.807, 2.05) is 0 Å². The molecule has 2 aliphatic rings. The van der Waals surface area contributed by atoms with Gasteiger partial charge >= 0.3 is 0 Å². The van der Waals surface area contributed by atoms with Crippen molar-refractivity contribution in [3.63, 3.8) is 0 Å². The van der Waals surface area contributed by atoms with E-state index in [9.17, 15) is 0 Å². The van der Waals surface area contributed by atoms with E-state index in [0.29, 0.717) is 0 Å². The molecular weight excluding hydrogens is 156 g/mol. The van der Waals surface area contributed by atoms with Crippen molar-refractivity contribution in [2.75, 3.05) is 0 Å². The summed E-state index contributed by atoms with van der Waals surface area (Å²) in [7, 11) is 0. The first-order valence-corrected chi connectivity index (χ1v) is 6.19. The summed E-state index contributed by atoms with van der Waals surface area (Å²) >= 11 is 0. The van der Waals surface area contributed by atoms with Crippen LogP contribution in [0.5, 0.6) is 0 Å². The van der Waals surface area contributed by atoms with Gasteiger partial charge in [-0.05, 0) is 42.9 Å². The van der Waals surface area contributed by atoms with E-state index >= 15 is 0 Å². The highest BCUT2D eigenvalue weighted by Crippen LogP contribution is 2.49. The fourth-order valence-corrected chi connectivity index (χ4v) is 3.16. The largest absolute Gasteiger partial charge is 0.0656 e. The smallest absolute Gasteiger partial charge is 0.0357 e. The molecule has 0 saturated heterocycles. The summed E-state index contributed by atoms with van der Waals surface area (Å²) in [5.74, 6) is 4.34. The molecule has 0 heterocycles. The fraction of sp³-hybridized carbons (Fsp3) is 1.00. The Labute approximate surface area is 84.1 Å². The van der Waals surface area contributed by atoms with Crippen molar-refractivity contribution >= 4 is 0 Å². The van der Waals surface area contributed by atoms with E-state index in [4.69, 9.17) is 0 Å². The highest BCUT2D eigenvalue weighted by molar-refractivity contribution is 4.89. The Hall–Kier alpha value is 0. The molecule has 2 rings (SSSR count). The van der Waals surface area contributed by atoms with Crippen LogP contribution in [0.25, 0.3) is 0 Å². The van der Waals surface area contributed by atoms with Crippen LogP contribution in [-0.2, 0) is 0 Å². The predicted molar refractivity (Wildman–Crippen MR) is 59.7 cm³/mol. The third kappa shape index (κ3) is 2.72. The number of fused-ring (bicyclic) bond motifs is 1. The van der Waals surface area contributed by atoms with Gasteiger partial charge in [-0.3, -0.25) is 0 Å². The summed E-state index contributed by atoms with van der Waals surface area (Å²) in [6, 6.07) is 0. The first-order chi connectivity index (χ1) is 6.19. The van der Waals surface area contributed by atoms with Crippen molar-refractivity contribution in [2.24, 2.45) is 23.7 Å². The maximum Gasteiger partial charge on any atom is -0.0357 e. The zero-order valence-corrected chi connectivity index (χ0v) is 9.84. The van der Waals surface area contributed by atoms with Gasteiger partial charge in [-0.25, -0.2) is 0 Å². The van der Waals surface area contributed by atoms with Crippen LogP contribution >= 0.6 is 0 Å². The molecule has 2 saturated carbocycles. The summed E-state index contributed by atoms with van der Waals surface area (Å²) < 4.78 is 0. The molecule has 13 heavy (non-hydrogen) atoms. The van der Waals surface area contributed by atoms with Gasteiger partial charge < -0.3 is 0 Å². The van der Waals surface area contributed by atoms with Crippen LogP contribution in [0.2, 0.25) is 0 Å².